The first-order chi connectivity index (χ1) is 9.08. The van der Waals surface area contributed by atoms with Crippen molar-refractivity contribution < 1.29 is 8.78 Å². The zero-order valence-corrected chi connectivity index (χ0v) is 11.2. The quantitative estimate of drug-likeness (QED) is 0.918. The molecule has 1 aromatic heterocycles. The standard InChI is InChI=1S/C14H12F2N2S/c1-2-3-9-13(18)12(7-17)19-14(9)8-4-5-10(15)11(16)6-8/h4-6H,2-3,18H2,1H3. The Hall–Kier alpha value is -1.93. The summed E-state index contributed by atoms with van der Waals surface area (Å²) >= 11 is 1.22. The van der Waals surface area contributed by atoms with Gasteiger partial charge in [0.05, 0.1) is 5.69 Å². The Kier molecular flexibility index (Phi) is 3.82. The molecule has 0 bridgehead atoms. The molecule has 2 aromatic rings. The summed E-state index contributed by atoms with van der Waals surface area (Å²) in [5.74, 6) is -1.78. The Bertz CT molecular complexity index is 656. The monoisotopic (exact) mass is 278 g/mol. The molecule has 0 unspecified atom stereocenters. The molecule has 0 atom stereocenters. The predicted octanol–water partition coefficient (Wildman–Crippen LogP) is 4.10. The van der Waals surface area contributed by atoms with E-state index in [1.165, 1.54) is 17.4 Å². The van der Waals surface area contributed by atoms with Crippen LogP contribution >= 0.6 is 11.3 Å². The van der Waals surface area contributed by atoms with Gasteiger partial charge in [-0.15, -0.1) is 11.3 Å². The van der Waals surface area contributed by atoms with Gasteiger partial charge in [-0.1, -0.05) is 19.4 Å². The van der Waals surface area contributed by atoms with Gasteiger partial charge in [-0.25, -0.2) is 8.78 Å². The highest BCUT2D eigenvalue weighted by Gasteiger charge is 2.17. The normalized spacial score (nSPS) is 10.4. The molecular weight excluding hydrogens is 266 g/mol. The van der Waals surface area contributed by atoms with Crippen molar-refractivity contribution in [3.63, 3.8) is 0 Å². The Morgan fingerprint density at radius 2 is 2.05 bits per heavy atom. The van der Waals surface area contributed by atoms with E-state index < -0.39 is 11.6 Å². The van der Waals surface area contributed by atoms with Crippen LogP contribution in [0.15, 0.2) is 18.2 Å². The maximum absolute atomic E-state index is 13.3. The molecule has 1 aromatic carbocycles. The van der Waals surface area contributed by atoms with E-state index >= 15 is 0 Å². The van der Waals surface area contributed by atoms with E-state index in [9.17, 15) is 8.78 Å². The summed E-state index contributed by atoms with van der Waals surface area (Å²) in [4.78, 5) is 1.16. The highest BCUT2D eigenvalue weighted by molar-refractivity contribution is 7.16. The minimum absolute atomic E-state index is 0.420. The molecule has 1 heterocycles. The second kappa shape index (κ2) is 5.37. The summed E-state index contributed by atoms with van der Waals surface area (Å²) in [6, 6.07) is 5.77. The van der Waals surface area contributed by atoms with Crippen LogP contribution in [0.5, 0.6) is 0 Å². The van der Waals surface area contributed by atoms with Crippen molar-refractivity contribution >= 4 is 17.0 Å². The van der Waals surface area contributed by atoms with Gasteiger partial charge in [-0.05, 0) is 29.7 Å². The first-order valence-corrected chi connectivity index (χ1v) is 6.66. The molecule has 98 valence electrons. The van der Waals surface area contributed by atoms with Crippen LogP contribution < -0.4 is 5.73 Å². The third-order valence-electron chi connectivity index (χ3n) is 2.83. The molecule has 0 fully saturated rings. The van der Waals surface area contributed by atoms with Gasteiger partial charge in [0.2, 0.25) is 0 Å². The fourth-order valence-electron chi connectivity index (χ4n) is 1.93. The largest absolute Gasteiger partial charge is 0.397 e. The van der Waals surface area contributed by atoms with E-state index in [2.05, 4.69) is 0 Å². The van der Waals surface area contributed by atoms with Gasteiger partial charge in [0.25, 0.3) is 0 Å². The van der Waals surface area contributed by atoms with Crippen molar-refractivity contribution in [3.05, 3.63) is 40.3 Å². The number of nitrogens with two attached hydrogens (primary N) is 1. The lowest BCUT2D eigenvalue weighted by Gasteiger charge is -2.04. The van der Waals surface area contributed by atoms with Crippen LogP contribution in [-0.4, -0.2) is 0 Å². The summed E-state index contributed by atoms with van der Waals surface area (Å²) in [5.41, 5.74) is 7.78. The summed E-state index contributed by atoms with van der Waals surface area (Å²) in [6.45, 7) is 2.00. The highest BCUT2D eigenvalue weighted by atomic mass is 32.1. The van der Waals surface area contributed by atoms with Crippen molar-refractivity contribution in [3.8, 4) is 16.5 Å². The molecule has 0 aliphatic carbocycles. The van der Waals surface area contributed by atoms with Gasteiger partial charge in [-0.2, -0.15) is 5.26 Å². The molecule has 0 aliphatic heterocycles. The maximum atomic E-state index is 13.3. The van der Waals surface area contributed by atoms with Gasteiger partial charge >= 0.3 is 0 Å². The van der Waals surface area contributed by atoms with Crippen LogP contribution in [0.4, 0.5) is 14.5 Å². The summed E-state index contributed by atoms with van der Waals surface area (Å²) in [5, 5.41) is 9.02. The second-order valence-electron chi connectivity index (χ2n) is 4.14. The van der Waals surface area contributed by atoms with E-state index in [-0.39, 0.29) is 0 Å². The molecule has 2 nitrogen and oxygen atoms in total. The predicted molar refractivity (Wildman–Crippen MR) is 72.8 cm³/mol. The summed E-state index contributed by atoms with van der Waals surface area (Å²) in [6.07, 6.45) is 1.57. The number of hydrogen-bond donors (Lipinski definition) is 1. The van der Waals surface area contributed by atoms with E-state index in [1.807, 2.05) is 13.0 Å². The lowest BCUT2D eigenvalue weighted by molar-refractivity contribution is 0.509. The fourth-order valence-corrected chi connectivity index (χ4v) is 2.99. The molecular formula is C14H12F2N2S. The topological polar surface area (TPSA) is 49.8 Å². The number of nitrogens with zero attached hydrogens (tertiary/aromatic N) is 1. The maximum Gasteiger partial charge on any atom is 0.159 e. The molecule has 0 aliphatic rings. The number of rotatable bonds is 3. The van der Waals surface area contributed by atoms with Crippen molar-refractivity contribution in [2.75, 3.05) is 5.73 Å². The van der Waals surface area contributed by atoms with Gasteiger partial charge in [0.15, 0.2) is 11.6 Å². The highest BCUT2D eigenvalue weighted by Crippen LogP contribution is 2.39. The first kappa shape index (κ1) is 13.5. The lowest BCUT2D eigenvalue weighted by atomic mass is 10.0. The molecule has 19 heavy (non-hydrogen) atoms. The Morgan fingerprint density at radius 1 is 1.32 bits per heavy atom. The van der Waals surface area contributed by atoms with Gasteiger partial charge in [0, 0.05) is 4.88 Å². The van der Waals surface area contributed by atoms with E-state index in [4.69, 9.17) is 11.0 Å². The van der Waals surface area contributed by atoms with Crippen molar-refractivity contribution in [1.29, 1.82) is 5.26 Å². The fraction of sp³-hybridized carbons (Fsp3) is 0.214. The van der Waals surface area contributed by atoms with Gasteiger partial charge in [-0.3, -0.25) is 0 Å². The Labute approximate surface area is 114 Å². The van der Waals surface area contributed by atoms with Crippen LogP contribution in [0.25, 0.3) is 10.4 Å². The van der Waals surface area contributed by atoms with Crippen LogP contribution in [0, 0.1) is 23.0 Å². The van der Waals surface area contributed by atoms with E-state index in [1.54, 1.807) is 0 Å². The van der Waals surface area contributed by atoms with Crippen LogP contribution in [0.3, 0.4) is 0 Å². The molecule has 2 rings (SSSR count). The third kappa shape index (κ3) is 2.45. The smallest absolute Gasteiger partial charge is 0.159 e. The average molecular weight is 278 g/mol. The lowest BCUT2D eigenvalue weighted by Crippen LogP contribution is -1.93. The molecule has 0 spiro atoms. The number of thiophene rings is 1. The van der Waals surface area contributed by atoms with Crippen molar-refractivity contribution in [2.45, 2.75) is 19.8 Å². The van der Waals surface area contributed by atoms with Gasteiger partial charge in [0.1, 0.15) is 10.9 Å². The van der Waals surface area contributed by atoms with E-state index in [0.29, 0.717) is 22.5 Å². The summed E-state index contributed by atoms with van der Waals surface area (Å²) < 4.78 is 26.3. The summed E-state index contributed by atoms with van der Waals surface area (Å²) in [7, 11) is 0. The van der Waals surface area contributed by atoms with Crippen molar-refractivity contribution in [1.82, 2.24) is 0 Å². The Balaban J connectivity index is 2.60. The van der Waals surface area contributed by atoms with Crippen molar-refractivity contribution in [2.24, 2.45) is 0 Å². The number of benzene rings is 1. The zero-order valence-electron chi connectivity index (χ0n) is 10.3. The molecule has 5 heteroatoms. The number of hydrogen-bond acceptors (Lipinski definition) is 3. The number of nitriles is 1. The minimum Gasteiger partial charge on any atom is -0.397 e. The van der Waals surface area contributed by atoms with Crippen LogP contribution in [0.2, 0.25) is 0 Å². The first-order valence-electron chi connectivity index (χ1n) is 5.85. The van der Waals surface area contributed by atoms with Gasteiger partial charge < -0.3 is 5.73 Å². The SMILES string of the molecule is CCCc1c(-c2ccc(F)c(F)c2)sc(C#N)c1N. The number of anilines is 1. The average Bonchev–Trinajstić information content (AvgIpc) is 2.71. The molecule has 0 saturated heterocycles. The number of nitrogen functional groups attached to an aromatic ring is 1. The third-order valence-corrected chi connectivity index (χ3v) is 4.03. The molecule has 0 saturated carbocycles. The van der Waals surface area contributed by atoms with E-state index in [0.717, 1.165) is 29.0 Å². The van der Waals surface area contributed by atoms with Crippen LogP contribution in [0.1, 0.15) is 23.8 Å². The Morgan fingerprint density at radius 3 is 2.63 bits per heavy atom. The molecule has 2 N–H and O–H groups in total. The zero-order chi connectivity index (χ0) is 14.0. The number of halogens is 2. The molecule has 0 amide bonds. The second-order valence-corrected chi connectivity index (χ2v) is 5.16. The molecule has 0 radical (unpaired) electrons. The minimum atomic E-state index is -0.898. The van der Waals surface area contributed by atoms with Crippen LogP contribution in [-0.2, 0) is 6.42 Å².